The Labute approximate surface area is 195 Å². The molecule has 0 atom stereocenters. The van der Waals surface area contributed by atoms with E-state index in [9.17, 15) is 18.0 Å². The van der Waals surface area contributed by atoms with Crippen LogP contribution in [0.5, 0.6) is 0 Å². The van der Waals surface area contributed by atoms with Crippen LogP contribution in [0.15, 0.2) is 66.0 Å². The maximum Gasteiger partial charge on any atom is 0.328 e. The van der Waals surface area contributed by atoms with Crippen LogP contribution in [0.4, 0.5) is 0 Å². The van der Waals surface area contributed by atoms with Crippen molar-refractivity contribution in [3.8, 4) is 11.3 Å². The van der Waals surface area contributed by atoms with Gasteiger partial charge in [-0.3, -0.25) is 4.98 Å². The minimum absolute atomic E-state index is 0.117. The highest BCUT2D eigenvalue weighted by Gasteiger charge is 2.23. The quantitative estimate of drug-likeness (QED) is 0.333. The van der Waals surface area contributed by atoms with E-state index in [1.807, 2.05) is 0 Å². The SMILES string of the molecule is CNCc1cc(-c2cccnc2Cl)n(S(=O)(=O)c2ccc(C)nc2)c1.O=C(O)C=CC(=O)O. The molecule has 3 aromatic heterocycles. The van der Waals surface area contributed by atoms with Crippen LogP contribution in [0.25, 0.3) is 11.3 Å². The molecule has 0 aliphatic rings. The normalized spacial score (nSPS) is 11.1. The van der Waals surface area contributed by atoms with E-state index in [4.69, 9.17) is 21.8 Å². The van der Waals surface area contributed by atoms with Crippen molar-refractivity contribution in [2.75, 3.05) is 7.05 Å². The standard InChI is InChI=1S/C17H17ClN4O2S.C4H4O4/c1-12-5-6-14(10-21-12)25(23,24)22-11-13(9-19-2)8-16(22)15-4-3-7-20-17(15)18;5-3(6)1-2-4(7)8/h3-8,10-11,19H,9H2,1-2H3;1-2H,(H,5,6)(H,7,8). The van der Waals surface area contributed by atoms with E-state index >= 15 is 0 Å². The first kappa shape index (κ1) is 25.7. The molecule has 174 valence electrons. The topological polar surface area (TPSA) is 151 Å². The monoisotopic (exact) mass is 492 g/mol. The van der Waals surface area contributed by atoms with Gasteiger partial charge in [0.15, 0.2) is 0 Å². The molecule has 3 N–H and O–H groups in total. The zero-order valence-corrected chi connectivity index (χ0v) is 19.2. The average molecular weight is 493 g/mol. The van der Waals surface area contributed by atoms with Crippen molar-refractivity contribution in [2.45, 2.75) is 18.4 Å². The molecule has 3 heterocycles. The van der Waals surface area contributed by atoms with Crippen molar-refractivity contribution >= 4 is 33.6 Å². The van der Waals surface area contributed by atoms with Gasteiger partial charge in [-0.05, 0) is 49.9 Å². The van der Waals surface area contributed by atoms with E-state index in [0.717, 1.165) is 11.3 Å². The van der Waals surface area contributed by atoms with Gasteiger partial charge in [-0.15, -0.1) is 0 Å². The van der Waals surface area contributed by atoms with Gasteiger partial charge in [0, 0.05) is 48.5 Å². The van der Waals surface area contributed by atoms with Crippen LogP contribution < -0.4 is 5.32 Å². The van der Waals surface area contributed by atoms with Gasteiger partial charge in [-0.1, -0.05) is 11.6 Å². The second-order valence-electron chi connectivity index (χ2n) is 6.55. The number of carboxylic acid groups (broad SMARTS) is 2. The lowest BCUT2D eigenvalue weighted by atomic mass is 10.2. The molecule has 0 unspecified atom stereocenters. The second kappa shape index (κ2) is 11.4. The van der Waals surface area contributed by atoms with E-state index in [-0.39, 0.29) is 10.0 Å². The Morgan fingerprint density at radius 1 is 1.15 bits per heavy atom. The molecule has 3 rings (SSSR count). The molecule has 0 aliphatic carbocycles. The van der Waals surface area contributed by atoms with Crippen molar-refractivity contribution in [3.05, 3.63) is 77.5 Å². The van der Waals surface area contributed by atoms with Crippen LogP contribution in [0.3, 0.4) is 0 Å². The number of nitrogens with one attached hydrogen (secondary N) is 1. The van der Waals surface area contributed by atoms with Gasteiger partial charge in [0.1, 0.15) is 10.0 Å². The van der Waals surface area contributed by atoms with E-state index < -0.39 is 22.0 Å². The molecule has 0 radical (unpaired) electrons. The number of carbonyl (C=O) groups is 2. The third-order valence-corrected chi connectivity index (χ3v) is 6.03. The Morgan fingerprint density at radius 2 is 1.82 bits per heavy atom. The molecule has 0 bridgehead atoms. The van der Waals surface area contributed by atoms with Gasteiger partial charge < -0.3 is 15.5 Å². The number of carboxylic acids is 2. The smallest absolute Gasteiger partial charge is 0.328 e. The Kier molecular flexibility index (Phi) is 8.85. The number of aryl methyl sites for hydroxylation is 1. The first-order valence-electron chi connectivity index (χ1n) is 9.35. The van der Waals surface area contributed by atoms with Gasteiger partial charge in [0.2, 0.25) is 0 Å². The van der Waals surface area contributed by atoms with Crippen molar-refractivity contribution in [2.24, 2.45) is 0 Å². The minimum atomic E-state index is -3.81. The summed E-state index contributed by atoms with van der Waals surface area (Å²) in [5, 5.41) is 18.9. The van der Waals surface area contributed by atoms with Gasteiger partial charge >= 0.3 is 11.9 Å². The number of halogens is 1. The molecule has 12 heteroatoms. The Bertz CT molecular complexity index is 1250. The summed E-state index contributed by atoms with van der Waals surface area (Å²) < 4.78 is 27.4. The van der Waals surface area contributed by atoms with Crippen molar-refractivity contribution in [1.82, 2.24) is 19.3 Å². The first-order valence-corrected chi connectivity index (χ1v) is 11.2. The lowest BCUT2D eigenvalue weighted by Crippen LogP contribution is -2.14. The lowest BCUT2D eigenvalue weighted by Gasteiger charge is -2.11. The molecule has 3 aromatic rings. The second-order valence-corrected chi connectivity index (χ2v) is 8.72. The molecule has 0 amide bonds. The maximum atomic E-state index is 13.1. The van der Waals surface area contributed by atoms with Crippen LogP contribution in [-0.2, 0) is 26.2 Å². The molecule has 0 saturated carbocycles. The average Bonchev–Trinajstić information content (AvgIpc) is 3.18. The minimum Gasteiger partial charge on any atom is -0.478 e. The van der Waals surface area contributed by atoms with E-state index in [1.54, 1.807) is 56.7 Å². The molecule has 0 spiro atoms. The summed E-state index contributed by atoms with van der Waals surface area (Å²) >= 11 is 6.19. The van der Waals surface area contributed by atoms with Crippen LogP contribution in [-0.4, -0.2) is 51.6 Å². The third kappa shape index (κ3) is 6.97. The number of pyridine rings is 2. The predicted octanol–water partition coefficient (Wildman–Crippen LogP) is 2.58. The number of nitrogens with zero attached hydrogens (tertiary/aromatic N) is 3. The van der Waals surface area contributed by atoms with Crippen LogP contribution >= 0.6 is 11.6 Å². The molecule has 33 heavy (non-hydrogen) atoms. The zero-order valence-electron chi connectivity index (χ0n) is 17.6. The number of hydrogen-bond acceptors (Lipinski definition) is 7. The van der Waals surface area contributed by atoms with Crippen molar-refractivity contribution in [1.29, 1.82) is 0 Å². The highest BCUT2D eigenvalue weighted by Crippen LogP contribution is 2.30. The summed E-state index contributed by atoms with van der Waals surface area (Å²) in [7, 11) is -2.01. The fourth-order valence-electron chi connectivity index (χ4n) is 2.63. The first-order chi connectivity index (χ1) is 15.6. The fourth-order valence-corrected chi connectivity index (χ4v) is 4.19. The van der Waals surface area contributed by atoms with Crippen LogP contribution in [0, 0.1) is 6.92 Å². The van der Waals surface area contributed by atoms with Crippen molar-refractivity contribution in [3.63, 3.8) is 0 Å². The molecule has 0 aromatic carbocycles. The van der Waals surface area contributed by atoms with Crippen LogP contribution in [0.2, 0.25) is 5.15 Å². The Balaban J connectivity index is 0.000000414. The summed E-state index contributed by atoms with van der Waals surface area (Å²) in [5.41, 5.74) is 2.58. The Hall–Kier alpha value is -3.54. The van der Waals surface area contributed by atoms with Gasteiger partial charge in [-0.25, -0.2) is 27.0 Å². The maximum absolute atomic E-state index is 13.1. The van der Waals surface area contributed by atoms with Crippen molar-refractivity contribution < 1.29 is 28.2 Å². The summed E-state index contributed by atoms with van der Waals surface area (Å²) in [6.45, 7) is 2.33. The number of rotatable bonds is 7. The van der Waals surface area contributed by atoms with Crippen LogP contribution in [0.1, 0.15) is 11.3 Å². The number of aromatic nitrogens is 3. The fraction of sp³-hybridized carbons (Fsp3) is 0.143. The van der Waals surface area contributed by atoms with Gasteiger partial charge in [-0.2, -0.15) is 0 Å². The van der Waals surface area contributed by atoms with E-state index in [2.05, 4.69) is 15.3 Å². The highest BCUT2D eigenvalue weighted by atomic mass is 35.5. The lowest BCUT2D eigenvalue weighted by molar-refractivity contribution is -0.134. The Morgan fingerprint density at radius 3 is 2.33 bits per heavy atom. The van der Waals surface area contributed by atoms with Gasteiger partial charge in [0.25, 0.3) is 10.0 Å². The molecule has 0 saturated heterocycles. The molecule has 0 aliphatic heterocycles. The summed E-state index contributed by atoms with van der Waals surface area (Å²) in [5.74, 6) is -2.51. The zero-order chi connectivity index (χ0) is 24.6. The van der Waals surface area contributed by atoms with E-state index in [1.165, 1.54) is 10.2 Å². The third-order valence-electron chi connectivity index (χ3n) is 4.07. The summed E-state index contributed by atoms with van der Waals surface area (Å²) in [6.07, 6.45) is 5.62. The number of aliphatic carboxylic acids is 2. The number of hydrogen-bond donors (Lipinski definition) is 3. The molecular weight excluding hydrogens is 472 g/mol. The predicted molar refractivity (Wildman–Crippen MR) is 121 cm³/mol. The molecule has 0 fully saturated rings. The van der Waals surface area contributed by atoms with E-state index in [0.29, 0.717) is 30.0 Å². The molecular formula is C21H21ClN4O6S. The summed E-state index contributed by atoms with van der Waals surface area (Å²) in [6, 6.07) is 8.47. The molecule has 10 nitrogen and oxygen atoms in total. The highest BCUT2D eigenvalue weighted by molar-refractivity contribution is 7.90. The largest absolute Gasteiger partial charge is 0.478 e. The van der Waals surface area contributed by atoms with Gasteiger partial charge in [0.05, 0.1) is 5.69 Å². The summed E-state index contributed by atoms with van der Waals surface area (Å²) in [4.78, 5) is 27.4.